The number of hydrogen-bond acceptors (Lipinski definition) is 6. The van der Waals surface area contributed by atoms with Crippen LogP contribution in [0.15, 0.2) is 36.4 Å². The number of amides is 1. The van der Waals surface area contributed by atoms with E-state index < -0.39 is 4.92 Å². The molecule has 0 spiro atoms. The lowest BCUT2D eigenvalue weighted by atomic mass is 10.1. The van der Waals surface area contributed by atoms with E-state index in [1.807, 2.05) is 55.2 Å². The lowest BCUT2D eigenvalue weighted by Gasteiger charge is -2.18. The van der Waals surface area contributed by atoms with E-state index in [0.29, 0.717) is 17.8 Å². The number of nitro benzene ring substituents is 1. The molecular weight excluding hydrogens is 360 g/mol. The van der Waals surface area contributed by atoms with Crippen molar-refractivity contribution in [2.45, 2.75) is 13.5 Å². The minimum Gasteiger partial charge on any atom is -0.490 e. The van der Waals surface area contributed by atoms with Gasteiger partial charge in [-0.25, -0.2) is 0 Å². The summed E-state index contributed by atoms with van der Waals surface area (Å²) >= 11 is 0. The number of anilines is 2. The number of carbonyl (C=O) groups excluding carboxylic acids is 1. The molecule has 1 amide bonds. The number of methoxy groups -OCH3 is 1. The van der Waals surface area contributed by atoms with Crippen LogP contribution < -0.4 is 15.0 Å². The second kappa shape index (κ2) is 9.18. The fourth-order valence-corrected chi connectivity index (χ4v) is 2.82. The lowest BCUT2D eigenvalue weighted by molar-refractivity contribution is -0.385. The van der Waals surface area contributed by atoms with E-state index in [0.717, 1.165) is 11.3 Å². The maximum atomic E-state index is 12.4. The first-order valence-corrected chi connectivity index (χ1v) is 8.79. The van der Waals surface area contributed by atoms with Crippen molar-refractivity contribution in [2.75, 3.05) is 45.0 Å². The number of aryl methyl sites for hydroxylation is 1. The van der Waals surface area contributed by atoms with Gasteiger partial charge in [0.1, 0.15) is 0 Å². The van der Waals surface area contributed by atoms with E-state index in [1.54, 1.807) is 6.92 Å². The Kier molecular flexibility index (Phi) is 6.94. The summed E-state index contributed by atoms with van der Waals surface area (Å²) in [6.07, 6.45) is 0. The van der Waals surface area contributed by atoms with E-state index >= 15 is 0 Å². The van der Waals surface area contributed by atoms with Crippen LogP contribution in [0.2, 0.25) is 0 Å². The van der Waals surface area contributed by atoms with E-state index in [9.17, 15) is 14.9 Å². The van der Waals surface area contributed by atoms with Crippen molar-refractivity contribution in [1.29, 1.82) is 0 Å². The Morgan fingerprint density at radius 1 is 1.18 bits per heavy atom. The summed E-state index contributed by atoms with van der Waals surface area (Å²) in [5.74, 6) is -0.0911. The number of ether oxygens (including phenoxy) is 1. The fourth-order valence-electron chi connectivity index (χ4n) is 2.82. The molecular formula is C20H26N4O4. The topological polar surface area (TPSA) is 88.0 Å². The summed E-state index contributed by atoms with van der Waals surface area (Å²) in [5.41, 5.74) is 3.19. The van der Waals surface area contributed by atoms with Crippen LogP contribution in [0.3, 0.4) is 0 Å². The molecule has 0 unspecified atom stereocenters. The molecule has 2 aromatic rings. The van der Waals surface area contributed by atoms with Gasteiger partial charge >= 0.3 is 5.69 Å². The molecule has 8 heteroatoms. The maximum absolute atomic E-state index is 12.4. The number of nitro groups is 1. The summed E-state index contributed by atoms with van der Waals surface area (Å²) in [6, 6.07) is 11.0. The number of rotatable bonds is 8. The second-order valence-corrected chi connectivity index (χ2v) is 6.88. The van der Waals surface area contributed by atoms with Crippen molar-refractivity contribution in [3.05, 3.63) is 57.6 Å². The SMILES string of the molecule is COc1cc(NC(=O)CN(C)Cc2ccc(N(C)C)cc2)c(C)cc1[N+](=O)[O-]. The molecule has 0 bridgehead atoms. The zero-order valence-corrected chi connectivity index (χ0v) is 16.9. The normalized spacial score (nSPS) is 10.6. The van der Waals surface area contributed by atoms with Gasteiger partial charge in [0.15, 0.2) is 5.75 Å². The highest BCUT2D eigenvalue weighted by Crippen LogP contribution is 2.32. The quantitative estimate of drug-likeness (QED) is 0.554. The van der Waals surface area contributed by atoms with Gasteiger partial charge in [0.05, 0.1) is 18.6 Å². The number of carbonyl (C=O) groups is 1. The molecule has 150 valence electrons. The van der Waals surface area contributed by atoms with E-state index in [2.05, 4.69) is 5.32 Å². The summed E-state index contributed by atoms with van der Waals surface area (Å²) in [5, 5.41) is 13.9. The first-order chi connectivity index (χ1) is 13.2. The molecule has 0 saturated carbocycles. The van der Waals surface area contributed by atoms with E-state index in [4.69, 9.17) is 4.74 Å². The molecule has 0 atom stereocenters. The Balaban J connectivity index is 2.00. The van der Waals surface area contributed by atoms with Crippen LogP contribution in [0.1, 0.15) is 11.1 Å². The van der Waals surface area contributed by atoms with Crippen LogP contribution in [0.25, 0.3) is 0 Å². The largest absolute Gasteiger partial charge is 0.490 e. The van der Waals surface area contributed by atoms with E-state index in [1.165, 1.54) is 19.2 Å². The van der Waals surface area contributed by atoms with Crippen LogP contribution in [0.4, 0.5) is 17.1 Å². The third-order valence-electron chi connectivity index (χ3n) is 4.32. The minimum absolute atomic E-state index is 0.111. The number of likely N-dealkylation sites (N-methyl/N-ethyl adjacent to an activating group) is 1. The molecule has 0 aliphatic carbocycles. The Hall–Kier alpha value is -3.13. The molecule has 0 saturated heterocycles. The van der Waals surface area contributed by atoms with Crippen molar-refractivity contribution >= 4 is 23.0 Å². The highest BCUT2D eigenvalue weighted by Gasteiger charge is 2.18. The molecule has 0 heterocycles. The predicted molar refractivity (Wildman–Crippen MR) is 110 cm³/mol. The molecule has 0 fully saturated rings. The van der Waals surface area contributed by atoms with Crippen LogP contribution >= 0.6 is 0 Å². The number of benzene rings is 2. The molecule has 0 aliphatic heterocycles. The summed E-state index contributed by atoms with van der Waals surface area (Å²) < 4.78 is 5.06. The Bertz CT molecular complexity index is 850. The van der Waals surface area contributed by atoms with Gasteiger partial charge in [-0.15, -0.1) is 0 Å². The number of hydrogen-bond donors (Lipinski definition) is 1. The smallest absolute Gasteiger partial charge is 0.311 e. The molecule has 8 nitrogen and oxygen atoms in total. The minimum atomic E-state index is -0.507. The third-order valence-corrected chi connectivity index (χ3v) is 4.32. The highest BCUT2D eigenvalue weighted by molar-refractivity contribution is 5.93. The molecule has 0 aliphatic rings. The lowest BCUT2D eigenvalue weighted by Crippen LogP contribution is -2.30. The highest BCUT2D eigenvalue weighted by atomic mass is 16.6. The first-order valence-electron chi connectivity index (χ1n) is 8.79. The number of nitrogens with zero attached hydrogens (tertiary/aromatic N) is 3. The van der Waals surface area contributed by atoms with Gasteiger partial charge in [-0.1, -0.05) is 12.1 Å². The zero-order valence-electron chi connectivity index (χ0n) is 16.9. The van der Waals surface area contributed by atoms with Gasteiger partial charge < -0.3 is 15.0 Å². The predicted octanol–water partition coefficient (Wildman–Crippen LogP) is 3.05. The summed E-state index contributed by atoms with van der Waals surface area (Å²) in [6.45, 7) is 2.52. The van der Waals surface area contributed by atoms with Gasteiger partial charge in [0.25, 0.3) is 0 Å². The molecule has 0 radical (unpaired) electrons. The number of nitrogens with one attached hydrogen (secondary N) is 1. The standard InChI is InChI=1S/C20H26N4O4/c1-14-10-18(24(26)27)19(28-5)11-17(14)21-20(25)13-23(4)12-15-6-8-16(9-7-15)22(2)3/h6-11H,12-13H2,1-5H3,(H,21,25). The average Bonchev–Trinajstić information content (AvgIpc) is 2.63. The van der Waals surface area contributed by atoms with Gasteiger partial charge in [-0.2, -0.15) is 0 Å². The van der Waals surface area contributed by atoms with Crippen molar-refractivity contribution in [3.63, 3.8) is 0 Å². The van der Waals surface area contributed by atoms with Crippen LogP contribution in [0.5, 0.6) is 5.75 Å². The summed E-state index contributed by atoms with van der Waals surface area (Å²) in [4.78, 5) is 26.9. The van der Waals surface area contributed by atoms with Crippen molar-refractivity contribution < 1.29 is 14.5 Å². The maximum Gasteiger partial charge on any atom is 0.311 e. The molecule has 2 aromatic carbocycles. The van der Waals surface area contributed by atoms with Crippen LogP contribution in [-0.4, -0.2) is 50.5 Å². The third kappa shape index (κ3) is 5.43. The zero-order chi connectivity index (χ0) is 20.8. The first kappa shape index (κ1) is 21.2. The van der Waals surface area contributed by atoms with E-state index in [-0.39, 0.29) is 23.9 Å². The van der Waals surface area contributed by atoms with Crippen molar-refractivity contribution in [2.24, 2.45) is 0 Å². The molecule has 28 heavy (non-hydrogen) atoms. The second-order valence-electron chi connectivity index (χ2n) is 6.88. The Morgan fingerprint density at radius 3 is 2.36 bits per heavy atom. The monoisotopic (exact) mass is 386 g/mol. The van der Waals surface area contributed by atoms with Crippen molar-refractivity contribution in [3.8, 4) is 5.75 Å². The average molecular weight is 386 g/mol. The Labute approximate surface area is 164 Å². The molecule has 0 aromatic heterocycles. The Morgan fingerprint density at radius 2 is 1.82 bits per heavy atom. The van der Waals surface area contributed by atoms with Crippen molar-refractivity contribution in [1.82, 2.24) is 4.90 Å². The fraction of sp³-hybridized carbons (Fsp3) is 0.350. The molecule has 2 rings (SSSR count). The van der Waals surface area contributed by atoms with Crippen LogP contribution in [-0.2, 0) is 11.3 Å². The van der Waals surface area contributed by atoms with Gasteiger partial charge in [-0.3, -0.25) is 19.8 Å². The molecule has 1 N–H and O–H groups in total. The van der Waals surface area contributed by atoms with Gasteiger partial charge in [0, 0.05) is 44.1 Å². The van der Waals surface area contributed by atoms with Crippen LogP contribution in [0, 0.1) is 17.0 Å². The summed E-state index contributed by atoms with van der Waals surface area (Å²) in [7, 11) is 7.20. The van der Waals surface area contributed by atoms with Gasteiger partial charge in [-0.05, 0) is 37.2 Å². The van der Waals surface area contributed by atoms with Gasteiger partial charge in [0.2, 0.25) is 5.91 Å².